The van der Waals surface area contributed by atoms with Crippen molar-refractivity contribution >= 4 is 17.5 Å². The number of hydrogen-bond donors (Lipinski definition) is 1. The monoisotopic (exact) mass is 183 g/mol. The van der Waals surface area contributed by atoms with Crippen LogP contribution in [0, 0.1) is 13.8 Å². The van der Waals surface area contributed by atoms with Crippen molar-refractivity contribution in [3.05, 3.63) is 33.8 Å². The molecule has 0 radical (unpaired) electrons. The van der Waals surface area contributed by atoms with Crippen molar-refractivity contribution in [1.82, 2.24) is 0 Å². The van der Waals surface area contributed by atoms with Crippen LogP contribution in [0.3, 0.4) is 0 Å². The van der Waals surface area contributed by atoms with Crippen molar-refractivity contribution in [2.24, 2.45) is 5.73 Å². The zero-order valence-electron chi connectivity index (χ0n) is 7.02. The second-order valence-corrected chi connectivity index (χ2v) is 3.11. The molecule has 1 amide bonds. The number of nitrogens with two attached hydrogens (primary N) is 1. The molecule has 0 fully saturated rings. The minimum Gasteiger partial charge on any atom is -0.366 e. The molecule has 0 aliphatic heterocycles. The van der Waals surface area contributed by atoms with Crippen molar-refractivity contribution in [1.29, 1.82) is 0 Å². The molecule has 1 aromatic rings. The third-order valence-corrected chi connectivity index (χ3v) is 2.43. The van der Waals surface area contributed by atoms with Gasteiger partial charge in [0.25, 0.3) is 0 Å². The Morgan fingerprint density at radius 2 is 2.00 bits per heavy atom. The molecule has 0 aliphatic carbocycles. The molecular formula is C9H10ClNO. The van der Waals surface area contributed by atoms with Crippen LogP contribution in [0.25, 0.3) is 0 Å². The van der Waals surface area contributed by atoms with Gasteiger partial charge in [-0.1, -0.05) is 17.7 Å². The van der Waals surface area contributed by atoms with Gasteiger partial charge in [-0.05, 0) is 31.0 Å². The summed E-state index contributed by atoms with van der Waals surface area (Å²) in [5.74, 6) is -0.436. The maximum Gasteiger partial charge on any atom is 0.249 e. The maximum absolute atomic E-state index is 10.8. The van der Waals surface area contributed by atoms with Gasteiger partial charge in [-0.3, -0.25) is 4.79 Å². The molecule has 0 atom stereocenters. The van der Waals surface area contributed by atoms with Gasteiger partial charge in [-0.2, -0.15) is 0 Å². The van der Waals surface area contributed by atoms with Crippen molar-refractivity contribution in [2.75, 3.05) is 0 Å². The van der Waals surface area contributed by atoms with Crippen LogP contribution in [0.2, 0.25) is 5.02 Å². The highest BCUT2D eigenvalue weighted by Crippen LogP contribution is 2.22. The Balaban J connectivity index is 3.36. The van der Waals surface area contributed by atoms with Crippen LogP contribution >= 0.6 is 11.6 Å². The largest absolute Gasteiger partial charge is 0.366 e. The van der Waals surface area contributed by atoms with Gasteiger partial charge in [0.2, 0.25) is 5.91 Å². The SMILES string of the molecule is Cc1ccc(C(N)=O)c(C)c1Cl. The molecule has 2 N–H and O–H groups in total. The minimum atomic E-state index is -0.436. The lowest BCUT2D eigenvalue weighted by Gasteiger charge is -2.05. The summed E-state index contributed by atoms with van der Waals surface area (Å²) in [6.07, 6.45) is 0. The fourth-order valence-electron chi connectivity index (χ4n) is 1.09. The van der Waals surface area contributed by atoms with E-state index >= 15 is 0 Å². The Hall–Kier alpha value is -1.02. The lowest BCUT2D eigenvalue weighted by molar-refractivity contribution is 0.0999. The van der Waals surface area contributed by atoms with E-state index in [1.165, 1.54) is 0 Å². The first-order valence-electron chi connectivity index (χ1n) is 3.59. The summed E-state index contributed by atoms with van der Waals surface area (Å²) in [5.41, 5.74) is 7.34. The van der Waals surface area contributed by atoms with Crippen LogP contribution in [0.4, 0.5) is 0 Å². The van der Waals surface area contributed by atoms with Crippen molar-refractivity contribution in [3.8, 4) is 0 Å². The lowest BCUT2D eigenvalue weighted by atomic mass is 10.1. The molecule has 0 unspecified atom stereocenters. The summed E-state index contributed by atoms with van der Waals surface area (Å²) in [6.45, 7) is 3.68. The summed E-state index contributed by atoms with van der Waals surface area (Å²) >= 11 is 5.92. The van der Waals surface area contributed by atoms with Crippen LogP contribution in [-0.2, 0) is 0 Å². The smallest absolute Gasteiger partial charge is 0.249 e. The van der Waals surface area contributed by atoms with E-state index in [0.717, 1.165) is 11.1 Å². The fraction of sp³-hybridized carbons (Fsp3) is 0.222. The highest BCUT2D eigenvalue weighted by atomic mass is 35.5. The zero-order chi connectivity index (χ0) is 9.30. The Labute approximate surface area is 76.3 Å². The number of aryl methyl sites for hydroxylation is 1. The first-order valence-corrected chi connectivity index (χ1v) is 3.97. The van der Waals surface area contributed by atoms with Crippen LogP contribution in [0.5, 0.6) is 0 Å². The van der Waals surface area contributed by atoms with Crippen molar-refractivity contribution in [3.63, 3.8) is 0 Å². The van der Waals surface area contributed by atoms with Gasteiger partial charge in [0.1, 0.15) is 0 Å². The molecule has 0 spiro atoms. The average molecular weight is 184 g/mol. The fourth-order valence-corrected chi connectivity index (χ4v) is 1.25. The van der Waals surface area contributed by atoms with Gasteiger partial charge < -0.3 is 5.73 Å². The highest BCUT2D eigenvalue weighted by molar-refractivity contribution is 6.32. The van der Waals surface area contributed by atoms with Gasteiger partial charge in [0, 0.05) is 10.6 Å². The topological polar surface area (TPSA) is 43.1 Å². The molecule has 64 valence electrons. The van der Waals surface area contributed by atoms with Crippen molar-refractivity contribution in [2.45, 2.75) is 13.8 Å². The van der Waals surface area contributed by atoms with Gasteiger partial charge in [-0.15, -0.1) is 0 Å². The standard InChI is InChI=1S/C9H10ClNO/c1-5-3-4-7(9(11)12)6(2)8(5)10/h3-4H,1-2H3,(H2,11,12). The molecule has 3 heteroatoms. The number of carbonyl (C=O) groups excluding carboxylic acids is 1. The van der Waals surface area contributed by atoms with Gasteiger partial charge in [0.05, 0.1) is 0 Å². The molecule has 12 heavy (non-hydrogen) atoms. The summed E-state index contributed by atoms with van der Waals surface area (Å²) in [4.78, 5) is 10.8. The Morgan fingerprint density at radius 1 is 1.42 bits per heavy atom. The quantitative estimate of drug-likeness (QED) is 0.712. The van der Waals surface area contributed by atoms with E-state index in [4.69, 9.17) is 17.3 Å². The Bertz CT molecular complexity index is 334. The van der Waals surface area contributed by atoms with E-state index in [0.29, 0.717) is 10.6 Å². The number of primary amides is 1. The normalized spacial score (nSPS) is 9.92. The Kier molecular flexibility index (Phi) is 2.38. The predicted molar refractivity (Wildman–Crippen MR) is 49.4 cm³/mol. The van der Waals surface area contributed by atoms with Gasteiger partial charge in [0.15, 0.2) is 0 Å². The number of carbonyl (C=O) groups is 1. The highest BCUT2D eigenvalue weighted by Gasteiger charge is 2.08. The molecule has 0 saturated heterocycles. The van der Waals surface area contributed by atoms with E-state index in [2.05, 4.69) is 0 Å². The zero-order valence-corrected chi connectivity index (χ0v) is 7.77. The number of rotatable bonds is 1. The first kappa shape index (κ1) is 9.07. The van der Waals surface area contributed by atoms with E-state index in [-0.39, 0.29) is 0 Å². The van der Waals surface area contributed by atoms with Gasteiger partial charge in [-0.25, -0.2) is 0 Å². The van der Waals surface area contributed by atoms with E-state index in [9.17, 15) is 4.79 Å². The van der Waals surface area contributed by atoms with Crippen LogP contribution in [0.1, 0.15) is 21.5 Å². The molecule has 1 rings (SSSR count). The second-order valence-electron chi connectivity index (χ2n) is 2.73. The summed E-state index contributed by atoms with van der Waals surface area (Å²) < 4.78 is 0. The van der Waals surface area contributed by atoms with Gasteiger partial charge >= 0.3 is 0 Å². The number of hydrogen-bond acceptors (Lipinski definition) is 1. The number of amides is 1. The maximum atomic E-state index is 10.8. The molecule has 0 bridgehead atoms. The van der Waals surface area contributed by atoms with Crippen LogP contribution < -0.4 is 5.73 Å². The van der Waals surface area contributed by atoms with Crippen LogP contribution in [0.15, 0.2) is 12.1 Å². The summed E-state index contributed by atoms with van der Waals surface area (Å²) in [6, 6.07) is 3.48. The van der Waals surface area contributed by atoms with E-state index in [1.807, 2.05) is 6.92 Å². The molecule has 0 aliphatic rings. The molecule has 0 heterocycles. The molecular weight excluding hydrogens is 174 g/mol. The molecule has 0 aromatic heterocycles. The summed E-state index contributed by atoms with van der Waals surface area (Å²) in [5, 5.41) is 0.617. The number of halogens is 1. The lowest BCUT2D eigenvalue weighted by Crippen LogP contribution is -2.12. The third-order valence-electron chi connectivity index (χ3n) is 1.84. The minimum absolute atomic E-state index is 0.436. The third kappa shape index (κ3) is 1.43. The Morgan fingerprint density at radius 3 is 2.50 bits per heavy atom. The van der Waals surface area contributed by atoms with E-state index in [1.54, 1.807) is 19.1 Å². The first-order chi connectivity index (χ1) is 5.54. The van der Waals surface area contributed by atoms with Crippen LogP contribution in [-0.4, -0.2) is 5.91 Å². The van der Waals surface area contributed by atoms with Crippen molar-refractivity contribution < 1.29 is 4.79 Å². The average Bonchev–Trinajstić information content (AvgIpc) is 2.00. The second kappa shape index (κ2) is 3.15. The molecule has 0 saturated carbocycles. The summed E-state index contributed by atoms with van der Waals surface area (Å²) in [7, 11) is 0. The van der Waals surface area contributed by atoms with E-state index < -0.39 is 5.91 Å². The number of benzene rings is 1. The molecule has 2 nitrogen and oxygen atoms in total. The molecule has 1 aromatic carbocycles. The predicted octanol–water partition coefficient (Wildman–Crippen LogP) is 2.06.